The molecule has 1 aromatic carbocycles. The number of aromatic hydroxyl groups is 1. The zero-order valence-corrected chi connectivity index (χ0v) is 10.6. The molecular formula is C12H17NO3S. The molecule has 4 nitrogen and oxygen atoms in total. The number of hydrogen-bond acceptors (Lipinski definition) is 3. The summed E-state index contributed by atoms with van der Waals surface area (Å²) in [5, 5.41) is 9.30. The highest BCUT2D eigenvalue weighted by atomic mass is 32.2. The minimum atomic E-state index is -3.51. The highest BCUT2D eigenvalue weighted by molar-refractivity contribution is 7.89. The van der Waals surface area contributed by atoms with Crippen LogP contribution in [-0.2, 0) is 10.0 Å². The lowest BCUT2D eigenvalue weighted by molar-refractivity contribution is 0.468. The number of nitrogens with one attached hydrogen (secondary N) is 1. The van der Waals surface area contributed by atoms with Crippen molar-refractivity contribution in [2.45, 2.75) is 37.1 Å². The minimum Gasteiger partial charge on any atom is -0.508 e. The molecule has 1 aliphatic carbocycles. The predicted molar refractivity (Wildman–Crippen MR) is 65.2 cm³/mol. The molecule has 0 radical (unpaired) electrons. The third-order valence-corrected chi connectivity index (χ3v) is 4.78. The monoisotopic (exact) mass is 255 g/mol. The van der Waals surface area contributed by atoms with Gasteiger partial charge in [0.2, 0.25) is 10.0 Å². The molecule has 1 fully saturated rings. The van der Waals surface area contributed by atoms with E-state index in [-0.39, 0.29) is 16.7 Å². The molecule has 94 valence electrons. The molecule has 0 saturated heterocycles. The maximum absolute atomic E-state index is 12.1. The van der Waals surface area contributed by atoms with Gasteiger partial charge in [0.15, 0.2) is 0 Å². The van der Waals surface area contributed by atoms with Crippen molar-refractivity contribution < 1.29 is 13.5 Å². The molecule has 2 unspecified atom stereocenters. The van der Waals surface area contributed by atoms with Crippen molar-refractivity contribution in [2.24, 2.45) is 5.92 Å². The Morgan fingerprint density at radius 3 is 2.71 bits per heavy atom. The van der Waals surface area contributed by atoms with Gasteiger partial charge >= 0.3 is 0 Å². The molecule has 17 heavy (non-hydrogen) atoms. The van der Waals surface area contributed by atoms with Crippen molar-refractivity contribution in [1.29, 1.82) is 0 Å². The Balaban J connectivity index is 2.19. The van der Waals surface area contributed by atoms with Gasteiger partial charge in [0.05, 0.1) is 4.90 Å². The summed E-state index contributed by atoms with van der Waals surface area (Å²) >= 11 is 0. The number of sulfonamides is 1. The summed E-state index contributed by atoms with van der Waals surface area (Å²) in [6.07, 6.45) is 3.01. The van der Waals surface area contributed by atoms with Crippen LogP contribution < -0.4 is 4.72 Å². The van der Waals surface area contributed by atoms with Crippen LogP contribution in [0.1, 0.15) is 26.2 Å². The predicted octanol–water partition coefficient (Wildman–Crippen LogP) is 1.86. The Morgan fingerprint density at radius 2 is 2.12 bits per heavy atom. The third-order valence-electron chi connectivity index (χ3n) is 3.30. The molecule has 1 aliphatic rings. The van der Waals surface area contributed by atoms with Gasteiger partial charge in [-0.1, -0.05) is 19.4 Å². The molecule has 0 heterocycles. The molecule has 1 aromatic rings. The Kier molecular flexibility index (Phi) is 3.40. The maximum Gasteiger partial charge on any atom is 0.240 e. The number of phenolic OH excluding ortho intramolecular Hbond substituents is 1. The van der Waals surface area contributed by atoms with E-state index in [1.54, 1.807) is 0 Å². The first kappa shape index (κ1) is 12.4. The molecule has 5 heteroatoms. The summed E-state index contributed by atoms with van der Waals surface area (Å²) in [6, 6.07) is 5.75. The van der Waals surface area contributed by atoms with Crippen molar-refractivity contribution in [2.75, 3.05) is 0 Å². The lowest BCUT2D eigenvalue weighted by Gasteiger charge is -2.17. The van der Waals surface area contributed by atoms with Gasteiger partial charge in [-0.05, 0) is 37.0 Å². The first-order chi connectivity index (χ1) is 7.99. The van der Waals surface area contributed by atoms with Gasteiger partial charge in [0.25, 0.3) is 0 Å². The van der Waals surface area contributed by atoms with Crippen LogP contribution in [0.4, 0.5) is 0 Å². The fourth-order valence-electron chi connectivity index (χ4n) is 2.24. The second kappa shape index (κ2) is 4.66. The van der Waals surface area contributed by atoms with Crippen LogP contribution in [0.2, 0.25) is 0 Å². The molecule has 2 atom stereocenters. The molecule has 2 rings (SSSR count). The summed E-state index contributed by atoms with van der Waals surface area (Å²) in [4.78, 5) is 0.122. The lowest BCUT2D eigenvalue weighted by atomic mass is 10.1. The Hall–Kier alpha value is -1.07. The van der Waals surface area contributed by atoms with Crippen molar-refractivity contribution >= 4 is 10.0 Å². The molecular weight excluding hydrogens is 238 g/mol. The van der Waals surface area contributed by atoms with Gasteiger partial charge < -0.3 is 5.11 Å². The van der Waals surface area contributed by atoms with Gasteiger partial charge in [0, 0.05) is 6.04 Å². The first-order valence-electron chi connectivity index (χ1n) is 5.80. The maximum atomic E-state index is 12.1. The highest BCUT2D eigenvalue weighted by Gasteiger charge is 2.28. The summed E-state index contributed by atoms with van der Waals surface area (Å²) in [7, 11) is -3.51. The number of hydrogen-bond donors (Lipinski definition) is 2. The molecule has 0 aliphatic heterocycles. The van der Waals surface area contributed by atoms with E-state index in [9.17, 15) is 13.5 Å². The van der Waals surface area contributed by atoms with Crippen LogP contribution >= 0.6 is 0 Å². The molecule has 0 bridgehead atoms. The van der Waals surface area contributed by atoms with Gasteiger partial charge in [-0.3, -0.25) is 0 Å². The van der Waals surface area contributed by atoms with E-state index in [2.05, 4.69) is 11.6 Å². The minimum absolute atomic E-state index is 0.0161. The van der Waals surface area contributed by atoms with E-state index < -0.39 is 10.0 Å². The highest BCUT2D eigenvalue weighted by Crippen LogP contribution is 2.26. The Morgan fingerprint density at radius 1 is 1.35 bits per heavy atom. The smallest absolute Gasteiger partial charge is 0.240 e. The van der Waals surface area contributed by atoms with E-state index in [1.165, 1.54) is 24.3 Å². The quantitative estimate of drug-likeness (QED) is 0.866. The molecule has 0 amide bonds. The normalized spacial score (nSPS) is 25.0. The van der Waals surface area contributed by atoms with Crippen LogP contribution in [0.5, 0.6) is 5.75 Å². The standard InChI is InChI=1S/C12H17NO3S/c1-9-4-2-7-12(9)13-17(15,16)11-6-3-5-10(14)8-11/h3,5-6,8-9,12-14H,2,4,7H2,1H3. The van der Waals surface area contributed by atoms with Crippen molar-refractivity contribution in [1.82, 2.24) is 4.72 Å². The van der Waals surface area contributed by atoms with Gasteiger partial charge in [-0.15, -0.1) is 0 Å². The third kappa shape index (κ3) is 2.79. The second-order valence-electron chi connectivity index (χ2n) is 4.63. The largest absolute Gasteiger partial charge is 0.508 e. The van der Waals surface area contributed by atoms with Gasteiger partial charge in [0.1, 0.15) is 5.75 Å². The molecule has 1 saturated carbocycles. The van der Waals surface area contributed by atoms with E-state index in [4.69, 9.17) is 0 Å². The topological polar surface area (TPSA) is 66.4 Å². The average Bonchev–Trinajstić information content (AvgIpc) is 2.64. The van der Waals surface area contributed by atoms with E-state index in [1.807, 2.05) is 0 Å². The molecule has 0 aromatic heterocycles. The average molecular weight is 255 g/mol. The van der Waals surface area contributed by atoms with Crippen molar-refractivity contribution in [3.05, 3.63) is 24.3 Å². The SMILES string of the molecule is CC1CCCC1NS(=O)(=O)c1cccc(O)c1. The summed E-state index contributed by atoms with van der Waals surface area (Å²) in [5.41, 5.74) is 0. The number of benzene rings is 1. The van der Waals surface area contributed by atoms with Crippen LogP contribution in [0.25, 0.3) is 0 Å². The van der Waals surface area contributed by atoms with E-state index in [0.29, 0.717) is 5.92 Å². The fraction of sp³-hybridized carbons (Fsp3) is 0.500. The number of rotatable bonds is 3. The number of phenols is 1. The van der Waals surface area contributed by atoms with E-state index >= 15 is 0 Å². The fourth-order valence-corrected chi connectivity index (χ4v) is 3.66. The summed E-state index contributed by atoms with van der Waals surface area (Å²) in [6.45, 7) is 2.06. The molecule has 2 N–H and O–H groups in total. The van der Waals surface area contributed by atoms with Crippen LogP contribution in [0.3, 0.4) is 0 Å². The van der Waals surface area contributed by atoms with Gasteiger partial charge in [-0.2, -0.15) is 0 Å². The van der Waals surface area contributed by atoms with Crippen LogP contribution in [0, 0.1) is 5.92 Å². The Labute approximate surface area is 102 Å². The zero-order valence-electron chi connectivity index (χ0n) is 9.76. The Bertz CT molecular complexity index is 498. The van der Waals surface area contributed by atoms with Crippen LogP contribution in [-0.4, -0.2) is 19.6 Å². The first-order valence-corrected chi connectivity index (χ1v) is 7.29. The van der Waals surface area contributed by atoms with Crippen molar-refractivity contribution in [3.8, 4) is 5.75 Å². The van der Waals surface area contributed by atoms with E-state index in [0.717, 1.165) is 19.3 Å². The van der Waals surface area contributed by atoms with Gasteiger partial charge in [-0.25, -0.2) is 13.1 Å². The van der Waals surface area contributed by atoms with Crippen LogP contribution in [0.15, 0.2) is 29.2 Å². The molecule has 0 spiro atoms. The summed E-state index contributed by atoms with van der Waals surface area (Å²) in [5.74, 6) is 0.342. The zero-order chi connectivity index (χ0) is 12.5. The van der Waals surface area contributed by atoms with Crippen molar-refractivity contribution in [3.63, 3.8) is 0 Å². The lowest BCUT2D eigenvalue weighted by Crippen LogP contribution is -2.36. The second-order valence-corrected chi connectivity index (χ2v) is 6.35. The summed E-state index contributed by atoms with van der Waals surface area (Å²) < 4.78 is 26.8.